The number of thioether (sulfide) groups is 1. The monoisotopic (exact) mass is 312 g/mol. The average molecular weight is 312 g/mol. The van der Waals surface area contributed by atoms with Gasteiger partial charge in [-0.15, -0.1) is 11.8 Å². The zero-order valence-electron chi connectivity index (χ0n) is 12.7. The van der Waals surface area contributed by atoms with E-state index in [1.165, 1.54) is 10.6 Å². The Hall–Kier alpha value is -1.94. The van der Waals surface area contributed by atoms with E-state index >= 15 is 0 Å². The maximum Gasteiger partial charge on any atom is 0.243 e. The highest BCUT2D eigenvalue weighted by Crippen LogP contribution is 2.33. The molecule has 0 aliphatic carbocycles. The van der Waals surface area contributed by atoms with E-state index in [1.54, 1.807) is 0 Å². The lowest BCUT2D eigenvalue weighted by Crippen LogP contribution is -2.34. The molecule has 1 amide bonds. The molecule has 2 aromatic rings. The zero-order chi connectivity index (χ0) is 15.4. The molecule has 0 unspecified atom stereocenters. The van der Waals surface area contributed by atoms with Crippen molar-refractivity contribution in [2.45, 2.75) is 18.2 Å². The number of anilines is 2. The topological polar surface area (TPSA) is 32.3 Å². The van der Waals surface area contributed by atoms with Gasteiger partial charge in [-0.05, 0) is 48.9 Å². The van der Waals surface area contributed by atoms with Crippen LogP contribution in [0.4, 0.5) is 11.4 Å². The molecule has 0 fully saturated rings. The number of rotatable bonds is 3. The number of carbonyl (C=O) groups is 1. The lowest BCUT2D eigenvalue weighted by molar-refractivity contribution is -0.115. The number of nitrogens with zero attached hydrogens (tertiary/aromatic N) is 1. The summed E-state index contributed by atoms with van der Waals surface area (Å²) in [5.41, 5.74) is 3.18. The Morgan fingerprint density at radius 1 is 1.23 bits per heavy atom. The molecule has 0 bridgehead atoms. The Balaban J connectivity index is 1.71. The van der Waals surface area contributed by atoms with Crippen LogP contribution in [-0.4, -0.2) is 24.7 Å². The summed E-state index contributed by atoms with van der Waals surface area (Å²) in [4.78, 5) is 15.8. The van der Waals surface area contributed by atoms with Crippen LogP contribution in [0.3, 0.4) is 0 Å². The van der Waals surface area contributed by atoms with Crippen LogP contribution >= 0.6 is 11.8 Å². The summed E-state index contributed by atoms with van der Waals surface area (Å²) >= 11 is 1.87. The van der Waals surface area contributed by atoms with Crippen molar-refractivity contribution in [3.8, 4) is 0 Å². The smallest absolute Gasteiger partial charge is 0.243 e. The Kier molecular flexibility index (Phi) is 4.68. The molecule has 0 saturated heterocycles. The quantitative estimate of drug-likeness (QED) is 0.932. The van der Waals surface area contributed by atoms with Crippen molar-refractivity contribution < 1.29 is 4.79 Å². The number of fused-ring (bicyclic) bond motifs is 1. The Morgan fingerprint density at radius 3 is 2.95 bits per heavy atom. The summed E-state index contributed by atoms with van der Waals surface area (Å²) < 4.78 is 0. The predicted molar refractivity (Wildman–Crippen MR) is 93.8 cm³/mol. The fourth-order valence-electron chi connectivity index (χ4n) is 2.66. The molecule has 0 spiro atoms. The van der Waals surface area contributed by atoms with E-state index in [-0.39, 0.29) is 5.91 Å². The standard InChI is InChI=1S/C18H20N2OS/c1-14-6-4-7-15(12-14)19-18(21)13-20-10-5-11-22-17-9-3-2-8-16(17)20/h2-4,6-9,12H,5,10-11,13H2,1H3,(H,19,21). The Labute approximate surface area is 135 Å². The van der Waals surface area contributed by atoms with Crippen LogP contribution in [-0.2, 0) is 4.79 Å². The highest BCUT2D eigenvalue weighted by Gasteiger charge is 2.17. The number of amides is 1. The third kappa shape index (κ3) is 3.63. The SMILES string of the molecule is Cc1cccc(NC(=O)CN2CCCSc3ccccc32)c1. The first-order valence-electron chi connectivity index (χ1n) is 7.56. The van der Waals surface area contributed by atoms with Crippen LogP contribution in [0.2, 0.25) is 0 Å². The largest absolute Gasteiger partial charge is 0.361 e. The summed E-state index contributed by atoms with van der Waals surface area (Å²) in [5.74, 6) is 1.14. The number of hydrogen-bond donors (Lipinski definition) is 1. The first-order valence-corrected chi connectivity index (χ1v) is 8.54. The van der Waals surface area contributed by atoms with Crippen molar-refractivity contribution in [3.63, 3.8) is 0 Å². The maximum atomic E-state index is 12.4. The highest BCUT2D eigenvalue weighted by molar-refractivity contribution is 7.99. The van der Waals surface area contributed by atoms with Gasteiger partial charge in [0, 0.05) is 17.1 Å². The molecule has 0 radical (unpaired) electrons. The van der Waals surface area contributed by atoms with Gasteiger partial charge in [0.25, 0.3) is 0 Å². The number of nitrogens with one attached hydrogen (secondary N) is 1. The first-order chi connectivity index (χ1) is 10.7. The van der Waals surface area contributed by atoms with E-state index in [9.17, 15) is 4.79 Å². The van der Waals surface area contributed by atoms with E-state index in [4.69, 9.17) is 0 Å². The lowest BCUT2D eigenvalue weighted by Gasteiger charge is -2.23. The van der Waals surface area contributed by atoms with Crippen LogP contribution in [0.1, 0.15) is 12.0 Å². The molecule has 2 aromatic carbocycles. The fourth-order valence-corrected chi connectivity index (χ4v) is 3.67. The molecule has 1 N–H and O–H groups in total. The molecule has 1 aliphatic rings. The third-order valence-electron chi connectivity index (χ3n) is 3.67. The van der Waals surface area contributed by atoms with Gasteiger partial charge >= 0.3 is 0 Å². The summed E-state index contributed by atoms with van der Waals surface area (Å²) in [5, 5.41) is 2.99. The number of hydrogen-bond acceptors (Lipinski definition) is 3. The average Bonchev–Trinajstić information content (AvgIpc) is 2.70. The van der Waals surface area contributed by atoms with Gasteiger partial charge in [-0.25, -0.2) is 0 Å². The normalized spacial score (nSPS) is 14.1. The van der Waals surface area contributed by atoms with Crippen molar-refractivity contribution in [3.05, 3.63) is 54.1 Å². The summed E-state index contributed by atoms with van der Waals surface area (Å²) in [6.07, 6.45) is 1.09. The maximum absolute atomic E-state index is 12.4. The number of carbonyl (C=O) groups excluding carboxylic acids is 1. The second-order valence-electron chi connectivity index (χ2n) is 5.51. The first kappa shape index (κ1) is 15.0. The van der Waals surface area contributed by atoms with Gasteiger partial charge in [-0.2, -0.15) is 0 Å². The Bertz CT molecular complexity index is 672. The number of benzene rings is 2. The number of aryl methyl sites for hydroxylation is 1. The minimum absolute atomic E-state index is 0.0345. The molecular formula is C18H20N2OS. The van der Waals surface area contributed by atoms with Gasteiger partial charge in [-0.3, -0.25) is 4.79 Å². The van der Waals surface area contributed by atoms with Gasteiger partial charge in [-0.1, -0.05) is 24.3 Å². The molecular weight excluding hydrogens is 292 g/mol. The van der Waals surface area contributed by atoms with Crippen LogP contribution in [0, 0.1) is 6.92 Å². The summed E-state index contributed by atoms with van der Waals surface area (Å²) in [6, 6.07) is 16.2. The Morgan fingerprint density at radius 2 is 2.09 bits per heavy atom. The van der Waals surface area contributed by atoms with E-state index in [2.05, 4.69) is 28.4 Å². The second-order valence-corrected chi connectivity index (χ2v) is 6.65. The van der Waals surface area contributed by atoms with Crippen LogP contribution in [0.25, 0.3) is 0 Å². The minimum atomic E-state index is 0.0345. The van der Waals surface area contributed by atoms with Crippen LogP contribution in [0.5, 0.6) is 0 Å². The number of para-hydroxylation sites is 1. The molecule has 114 valence electrons. The fraction of sp³-hybridized carbons (Fsp3) is 0.278. The zero-order valence-corrected chi connectivity index (χ0v) is 13.5. The van der Waals surface area contributed by atoms with Crippen molar-refractivity contribution in [1.29, 1.82) is 0 Å². The van der Waals surface area contributed by atoms with E-state index in [0.717, 1.165) is 30.0 Å². The van der Waals surface area contributed by atoms with Gasteiger partial charge in [0.2, 0.25) is 5.91 Å². The minimum Gasteiger partial charge on any atom is -0.361 e. The van der Waals surface area contributed by atoms with E-state index < -0.39 is 0 Å². The molecule has 3 rings (SSSR count). The molecule has 4 heteroatoms. The van der Waals surface area contributed by atoms with Gasteiger partial charge in [0.15, 0.2) is 0 Å². The second kappa shape index (κ2) is 6.88. The van der Waals surface area contributed by atoms with E-state index in [1.807, 2.05) is 49.0 Å². The van der Waals surface area contributed by atoms with Gasteiger partial charge in [0.1, 0.15) is 0 Å². The third-order valence-corrected chi connectivity index (χ3v) is 4.82. The predicted octanol–water partition coefficient (Wildman–Crippen LogP) is 3.94. The molecule has 1 heterocycles. The van der Waals surface area contributed by atoms with Crippen LogP contribution in [0.15, 0.2) is 53.4 Å². The van der Waals surface area contributed by atoms with E-state index in [0.29, 0.717) is 6.54 Å². The summed E-state index contributed by atoms with van der Waals surface area (Å²) in [6.45, 7) is 3.34. The van der Waals surface area contributed by atoms with Gasteiger partial charge < -0.3 is 10.2 Å². The molecule has 0 saturated carbocycles. The molecule has 22 heavy (non-hydrogen) atoms. The summed E-state index contributed by atoms with van der Waals surface area (Å²) in [7, 11) is 0. The van der Waals surface area contributed by atoms with Crippen molar-refractivity contribution in [2.24, 2.45) is 0 Å². The lowest BCUT2D eigenvalue weighted by atomic mass is 10.2. The molecule has 1 aliphatic heterocycles. The van der Waals surface area contributed by atoms with Gasteiger partial charge in [0.05, 0.1) is 12.2 Å². The van der Waals surface area contributed by atoms with Crippen LogP contribution < -0.4 is 10.2 Å². The molecule has 3 nitrogen and oxygen atoms in total. The van der Waals surface area contributed by atoms with Crippen molar-refractivity contribution in [2.75, 3.05) is 29.1 Å². The highest BCUT2D eigenvalue weighted by atomic mass is 32.2. The molecule has 0 atom stereocenters. The molecule has 0 aromatic heterocycles. The van der Waals surface area contributed by atoms with Crippen molar-refractivity contribution >= 4 is 29.0 Å². The van der Waals surface area contributed by atoms with Crippen molar-refractivity contribution in [1.82, 2.24) is 0 Å².